The number of amides is 1. The molecule has 0 aromatic carbocycles. The van der Waals surface area contributed by atoms with Crippen LogP contribution in [0.5, 0.6) is 0 Å². The molecule has 0 heterocycles. The van der Waals surface area contributed by atoms with Crippen LogP contribution in [0.3, 0.4) is 0 Å². The van der Waals surface area contributed by atoms with Crippen LogP contribution in [-0.4, -0.2) is 37.7 Å². The summed E-state index contributed by atoms with van der Waals surface area (Å²) >= 11 is 0. The van der Waals surface area contributed by atoms with Gasteiger partial charge in [-0.15, -0.1) is 0 Å². The van der Waals surface area contributed by atoms with Crippen LogP contribution in [0.25, 0.3) is 0 Å². The van der Waals surface area contributed by atoms with Crippen molar-refractivity contribution in [2.75, 3.05) is 6.54 Å². The topological polar surface area (TPSA) is 136 Å². The largest absolute Gasteiger partial charge is 0.346 e. The Morgan fingerprint density at radius 3 is 2.12 bits per heavy atom. The van der Waals surface area contributed by atoms with Crippen LogP contribution in [0.2, 0.25) is 0 Å². The predicted octanol–water partition coefficient (Wildman–Crippen LogP) is -0.00240. The lowest BCUT2D eigenvalue weighted by Crippen LogP contribution is -2.53. The average molecular weight is 271 g/mol. The molecule has 0 bridgehead atoms. The molecule has 0 aromatic heterocycles. The minimum atomic E-state index is -4.47. The quantitative estimate of drug-likeness (QED) is 0.205. The molecule has 17 heavy (non-hydrogen) atoms. The second-order valence-electron chi connectivity index (χ2n) is 3.28. The summed E-state index contributed by atoms with van der Waals surface area (Å²) in [6.07, 6.45) is 0.0620. The first-order valence-electron chi connectivity index (χ1n) is 5.20. The maximum Gasteiger partial charge on any atom is 0.346 e. The highest BCUT2D eigenvalue weighted by molar-refractivity contribution is 7.53. The van der Waals surface area contributed by atoms with E-state index in [1.165, 1.54) is 19.3 Å². The monoisotopic (exact) mass is 271 g/mol. The number of carbonyl (C=O) groups excluding carboxylic acids is 1. The van der Waals surface area contributed by atoms with E-state index in [2.05, 4.69) is 0 Å². The highest BCUT2D eigenvalue weighted by Gasteiger charge is 2.45. The summed E-state index contributed by atoms with van der Waals surface area (Å²) in [7, 11) is -4.47. The molecule has 0 spiro atoms. The summed E-state index contributed by atoms with van der Waals surface area (Å²) in [6, 6.07) is 0. The Kier molecular flexibility index (Phi) is 8.60. The lowest BCUT2D eigenvalue weighted by molar-refractivity contribution is -0.131. The summed E-state index contributed by atoms with van der Waals surface area (Å²) in [5, 5.41) is 7.35. The fraction of sp³-hybridized carbons (Fsp3) is 0.875. The van der Waals surface area contributed by atoms with Gasteiger partial charge in [-0.05, 0) is 13.3 Å². The van der Waals surface area contributed by atoms with Gasteiger partial charge in [0.2, 0.25) is 0 Å². The smallest absolute Gasteiger partial charge is 0.323 e. The zero-order valence-electron chi connectivity index (χ0n) is 10.5. The van der Waals surface area contributed by atoms with Crippen molar-refractivity contribution in [2.24, 2.45) is 5.84 Å². The molecule has 0 aliphatic heterocycles. The third-order valence-electron chi connectivity index (χ3n) is 2.35. The zero-order chi connectivity index (χ0) is 14.3. The SMILES string of the molecule is CC.CCC(C)(N(N)CC(=O)NO)P(=O)(O)O. The fourth-order valence-corrected chi connectivity index (χ4v) is 1.75. The van der Waals surface area contributed by atoms with Crippen molar-refractivity contribution in [2.45, 2.75) is 39.4 Å². The molecule has 0 rings (SSSR count). The minimum Gasteiger partial charge on any atom is -0.323 e. The van der Waals surface area contributed by atoms with Crippen molar-refractivity contribution in [3.05, 3.63) is 0 Å². The molecule has 1 amide bonds. The van der Waals surface area contributed by atoms with Crippen LogP contribution in [-0.2, 0) is 9.36 Å². The first-order chi connectivity index (χ1) is 7.69. The molecule has 9 heteroatoms. The zero-order valence-corrected chi connectivity index (χ0v) is 11.4. The molecule has 0 saturated heterocycles. The van der Waals surface area contributed by atoms with Crippen molar-refractivity contribution in [1.82, 2.24) is 10.5 Å². The third kappa shape index (κ3) is 5.12. The van der Waals surface area contributed by atoms with Crippen LogP contribution in [0.4, 0.5) is 0 Å². The highest BCUT2D eigenvalue weighted by atomic mass is 31.2. The van der Waals surface area contributed by atoms with Gasteiger partial charge in [0.05, 0.1) is 6.54 Å². The van der Waals surface area contributed by atoms with E-state index >= 15 is 0 Å². The summed E-state index contributed by atoms with van der Waals surface area (Å²) < 4.78 is 11.2. The van der Waals surface area contributed by atoms with Gasteiger partial charge in [-0.25, -0.2) is 10.5 Å². The van der Waals surface area contributed by atoms with E-state index in [0.717, 1.165) is 5.01 Å². The first kappa shape index (κ1) is 18.9. The van der Waals surface area contributed by atoms with Crippen LogP contribution in [0.15, 0.2) is 0 Å². The van der Waals surface area contributed by atoms with Crippen LogP contribution < -0.4 is 11.3 Å². The molecule has 0 aromatic rings. The second-order valence-corrected chi connectivity index (χ2v) is 5.33. The number of hydrazine groups is 1. The Bertz CT molecular complexity index is 282. The molecule has 104 valence electrons. The van der Waals surface area contributed by atoms with Crippen molar-refractivity contribution in [3.63, 3.8) is 0 Å². The molecule has 1 unspecified atom stereocenters. The van der Waals surface area contributed by atoms with Gasteiger partial charge in [0.1, 0.15) is 5.28 Å². The standard InChI is InChI=1S/C6H16N3O5P.C2H6/c1-3-6(2,15(12,13)14)9(7)4-5(10)8-11;1-2/h11H,3-4,7H2,1-2H3,(H,8,10)(H2,12,13,14);1-2H3. The van der Waals surface area contributed by atoms with Crippen molar-refractivity contribution < 1.29 is 24.4 Å². The van der Waals surface area contributed by atoms with Crippen molar-refractivity contribution in [1.29, 1.82) is 0 Å². The highest BCUT2D eigenvalue weighted by Crippen LogP contribution is 2.52. The summed E-state index contributed by atoms with van der Waals surface area (Å²) in [6.45, 7) is 6.28. The number of hydrogen-bond acceptors (Lipinski definition) is 5. The molecule has 0 aliphatic carbocycles. The number of hydroxylamine groups is 1. The van der Waals surface area contributed by atoms with Crippen LogP contribution in [0, 0.1) is 0 Å². The van der Waals surface area contributed by atoms with E-state index in [4.69, 9.17) is 20.8 Å². The lowest BCUT2D eigenvalue weighted by Gasteiger charge is -2.36. The van der Waals surface area contributed by atoms with Crippen molar-refractivity contribution >= 4 is 13.5 Å². The molecule has 8 nitrogen and oxygen atoms in total. The fourth-order valence-electron chi connectivity index (χ4n) is 0.937. The molecule has 0 saturated carbocycles. The van der Waals surface area contributed by atoms with E-state index < -0.39 is 25.3 Å². The first-order valence-corrected chi connectivity index (χ1v) is 6.81. The average Bonchev–Trinajstić information content (AvgIpc) is 2.28. The van der Waals surface area contributed by atoms with E-state index in [1.54, 1.807) is 0 Å². The van der Waals surface area contributed by atoms with Crippen LogP contribution >= 0.6 is 7.60 Å². The molecular weight excluding hydrogens is 249 g/mol. The maximum absolute atomic E-state index is 11.2. The minimum absolute atomic E-state index is 0.0620. The molecule has 0 radical (unpaired) electrons. The molecule has 0 aliphatic rings. The van der Waals surface area contributed by atoms with E-state index in [0.29, 0.717) is 0 Å². The van der Waals surface area contributed by atoms with Gasteiger partial charge in [-0.3, -0.25) is 20.4 Å². The summed E-state index contributed by atoms with van der Waals surface area (Å²) in [5.41, 5.74) is 1.33. The molecule has 6 N–H and O–H groups in total. The van der Waals surface area contributed by atoms with Gasteiger partial charge in [0, 0.05) is 0 Å². The normalized spacial score (nSPS) is 14.6. The van der Waals surface area contributed by atoms with E-state index in [9.17, 15) is 9.36 Å². The Morgan fingerprint density at radius 2 is 1.88 bits per heavy atom. The van der Waals surface area contributed by atoms with Gasteiger partial charge in [0.15, 0.2) is 0 Å². The molecular formula is C8H22N3O5P. The second kappa shape index (κ2) is 7.75. The number of rotatable bonds is 5. The number of nitrogens with two attached hydrogens (primary N) is 1. The lowest BCUT2D eigenvalue weighted by atomic mass is 10.2. The van der Waals surface area contributed by atoms with Gasteiger partial charge in [0.25, 0.3) is 5.91 Å². The van der Waals surface area contributed by atoms with E-state index in [1.807, 2.05) is 13.8 Å². The Hall–Kier alpha value is -0.500. The van der Waals surface area contributed by atoms with Gasteiger partial charge in [-0.1, -0.05) is 20.8 Å². The predicted molar refractivity (Wildman–Crippen MR) is 62.9 cm³/mol. The Balaban J connectivity index is 0. The third-order valence-corrected chi connectivity index (χ3v) is 4.18. The van der Waals surface area contributed by atoms with Crippen molar-refractivity contribution in [3.8, 4) is 0 Å². The maximum atomic E-state index is 11.2. The van der Waals surface area contributed by atoms with Gasteiger partial charge < -0.3 is 9.79 Å². The van der Waals surface area contributed by atoms with Gasteiger partial charge in [-0.2, -0.15) is 0 Å². The van der Waals surface area contributed by atoms with Crippen LogP contribution in [0.1, 0.15) is 34.1 Å². The summed E-state index contributed by atoms with van der Waals surface area (Å²) in [4.78, 5) is 29.0. The van der Waals surface area contributed by atoms with Gasteiger partial charge >= 0.3 is 7.60 Å². The number of hydrogen-bond donors (Lipinski definition) is 5. The Labute approximate surface area is 101 Å². The van der Waals surface area contributed by atoms with E-state index in [-0.39, 0.29) is 6.42 Å². The number of carbonyl (C=O) groups is 1. The number of nitrogens with one attached hydrogen (secondary N) is 1. The molecule has 1 atom stereocenters. The molecule has 0 fully saturated rings. The number of nitrogens with zero attached hydrogens (tertiary/aromatic N) is 1. The summed E-state index contributed by atoms with van der Waals surface area (Å²) in [5.74, 6) is 4.55. The Morgan fingerprint density at radius 1 is 1.47 bits per heavy atom.